The summed E-state index contributed by atoms with van der Waals surface area (Å²) in [5.74, 6) is 0. The van der Waals surface area contributed by atoms with Crippen molar-refractivity contribution in [3.05, 3.63) is 16.6 Å². The van der Waals surface area contributed by atoms with Crippen LogP contribution in [-0.2, 0) is 9.84 Å². The molecule has 0 spiro atoms. The molecule has 4 nitrogen and oxygen atoms in total. The van der Waals surface area contributed by atoms with Crippen LogP contribution in [0.5, 0.6) is 0 Å². The van der Waals surface area contributed by atoms with E-state index in [9.17, 15) is 8.42 Å². The minimum absolute atomic E-state index is 0.174. The van der Waals surface area contributed by atoms with Crippen molar-refractivity contribution in [1.82, 2.24) is 10.3 Å². The molecule has 0 radical (unpaired) electrons. The van der Waals surface area contributed by atoms with Crippen LogP contribution in [0.4, 0.5) is 0 Å². The standard InChI is InChI=1S/C13H22N2O2S2/c1-3-12(13-14-7-8-18-13)15-10-5-4-6-11(9-10)19(2,16)17/h7-8,10-12,15H,3-6,9H2,1-2H3. The Morgan fingerprint density at radius 3 is 2.89 bits per heavy atom. The first-order valence-corrected chi connectivity index (χ1v) is 9.68. The van der Waals surface area contributed by atoms with Crippen LogP contribution < -0.4 is 5.32 Å². The van der Waals surface area contributed by atoms with Gasteiger partial charge in [0.05, 0.1) is 11.3 Å². The summed E-state index contributed by atoms with van der Waals surface area (Å²) in [4.78, 5) is 4.36. The van der Waals surface area contributed by atoms with E-state index < -0.39 is 9.84 Å². The summed E-state index contributed by atoms with van der Waals surface area (Å²) in [7, 11) is -2.91. The molecule has 1 aromatic heterocycles. The Kier molecular flexibility index (Phi) is 4.97. The van der Waals surface area contributed by atoms with E-state index in [2.05, 4.69) is 17.2 Å². The summed E-state index contributed by atoms with van der Waals surface area (Å²) in [6.07, 6.45) is 7.76. The molecule has 1 heterocycles. The SMILES string of the molecule is CCC(NC1CCCC(S(C)(=O)=O)C1)c1nccs1. The van der Waals surface area contributed by atoms with Crippen LogP contribution in [0, 0.1) is 0 Å². The van der Waals surface area contributed by atoms with Crippen LogP contribution in [0.15, 0.2) is 11.6 Å². The van der Waals surface area contributed by atoms with E-state index in [-0.39, 0.29) is 11.3 Å². The molecule has 19 heavy (non-hydrogen) atoms. The molecule has 0 amide bonds. The molecule has 0 saturated heterocycles. The fourth-order valence-corrected chi connectivity index (χ4v) is 4.70. The predicted molar refractivity (Wildman–Crippen MR) is 79.2 cm³/mol. The van der Waals surface area contributed by atoms with Crippen molar-refractivity contribution in [2.75, 3.05) is 6.26 Å². The largest absolute Gasteiger partial charge is 0.305 e. The molecule has 1 N–H and O–H groups in total. The van der Waals surface area contributed by atoms with Crippen LogP contribution in [0.1, 0.15) is 50.1 Å². The molecule has 1 aromatic rings. The smallest absolute Gasteiger partial charge is 0.150 e. The van der Waals surface area contributed by atoms with E-state index in [1.54, 1.807) is 11.3 Å². The second-order valence-corrected chi connectivity index (χ2v) is 8.56. The van der Waals surface area contributed by atoms with Crippen LogP contribution in [0.2, 0.25) is 0 Å². The normalized spacial score (nSPS) is 26.2. The first-order valence-electron chi connectivity index (χ1n) is 6.85. The highest BCUT2D eigenvalue weighted by molar-refractivity contribution is 7.91. The van der Waals surface area contributed by atoms with Gasteiger partial charge >= 0.3 is 0 Å². The maximum absolute atomic E-state index is 11.7. The fourth-order valence-electron chi connectivity index (χ4n) is 2.74. The molecular weight excluding hydrogens is 280 g/mol. The van der Waals surface area contributed by atoms with E-state index in [0.717, 1.165) is 37.1 Å². The highest BCUT2D eigenvalue weighted by atomic mass is 32.2. The molecule has 1 fully saturated rings. The fraction of sp³-hybridized carbons (Fsp3) is 0.769. The average Bonchev–Trinajstić information content (AvgIpc) is 2.89. The summed E-state index contributed by atoms with van der Waals surface area (Å²) in [6, 6.07) is 0.547. The van der Waals surface area contributed by atoms with Crippen LogP contribution in [0.3, 0.4) is 0 Å². The Bertz CT molecular complexity index is 485. The molecule has 108 valence electrons. The van der Waals surface area contributed by atoms with Crippen molar-refractivity contribution in [2.24, 2.45) is 0 Å². The Balaban J connectivity index is 1.98. The second-order valence-electron chi connectivity index (χ2n) is 5.31. The zero-order valence-electron chi connectivity index (χ0n) is 11.5. The zero-order valence-corrected chi connectivity index (χ0v) is 13.1. The number of aromatic nitrogens is 1. The molecule has 0 aromatic carbocycles. The number of nitrogens with zero attached hydrogens (tertiary/aromatic N) is 1. The minimum atomic E-state index is -2.91. The molecule has 3 unspecified atom stereocenters. The van der Waals surface area contributed by atoms with Crippen LogP contribution in [0.25, 0.3) is 0 Å². The van der Waals surface area contributed by atoms with Gasteiger partial charge in [-0.25, -0.2) is 13.4 Å². The van der Waals surface area contributed by atoms with Gasteiger partial charge in [-0.1, -0.05) is 13.3 Å². The van der Waals surface area contributed by atoms with Gasteiger partial charge in [0.2, 0.25) is 0 Å². The van der Waals surface area contributed by atoms with Gasteiger partial charge in [-0.2, -0.15) is 0 Å². The third-order valence-corrected chi connectivity index (χ3v) is 6.35. The lowest BCUT2D eigenvalue weighted by Crippen LogP contribution is -2.40. The van der Waals surface area contributed by atoms with Crippen molar-refractivity contribution in [3.63, 3.8) is 0 Å². The lowest BCUT2D eigenvalue weighted by molar-refractivity contribution is 0.334. The lowest BCUT2D eigenvalue weighted by atomic mass is 9.94. The maximum atomic E-state index is 11.7. The molecule has 2 rings (SSSR count). The van der Waals surface area contributed by atoms with Gasteiger partial charge in [0.1, 0.15) is 14.8 Å². The monoisotopic (exact) mass is 302 g/mol. The Morgan fingerprint density at radius 2 is 2.32 bits per heavy atom. The number of rotatable bonds is 5. The Morgan fingerprint density at radius 1 is 1.53 bits per heavy atom. The number of thiazole rings is 1. The molecular formula is C13H22N2O2S2. The first-order chi connectivity index (χ1) is 9.00. The average molecular weight is 302 g/mol. The van der Waals surface area contributed by atoms with Gasteiger partial charge < -0.3 is 5.32 Å². The summed E-state index contributed by atoms with van der Waals surface area (Å²) >= 11 is 1.66. The number of hydrogen-bond acceptors (Lipinski definition) is 5. The number of nitrogens with one attached hydrogen (secondary N) is 1. The minimum Gasteiger partial charge on any atom is -0.305 e. The molecule has 1 aliphatic carbocycles. The maximum Gasteiger partial charge on any atom is 0.150 e. The quantitative estimate of drug-likeness (QED) is 0.908. The first kappa shape index (κ1) is 14.9. The molecule has 0 bridgehead atoms. The van der Waals surface area contributed by atoms with Crippen molar-refractivity contribution >= 4 is 21.2 Å². The summed E-state index contributed by atoms with van der Waals surface area (Å²) in [5.41, 5.74) is 0. The molecule has 6 heteroatoms. The highest BCUT2D eigenvalue weighted by Gasteiger charge is 2.30. The van der Waals surface area contributed by atoms with E-state index in [1.165, 1.54) is 6.26 Å². The molecule has 0 aliphatic heterocycles. The van der Waals surface area contributed by atoms with E-state index in [0.29, 0.717) is 6.04 Å². The highest BCUT2D eigenvalue weighted by Crippen LogP contribution is 2.27. The number of sulfone groups is 1. The van der Waals surface area contributed by atoms with E-state index >= 15 is 0 Å². The molecule has 3 atom stereocenters. The lowest BCUT2D eigenvalue weighted by Gasteiger charge is -2.31. The van der Waals surface area contributed by atoms with Crippen molar-refractivity contribution in [2.45, 2.75) is 56.4 Å². The van der Waals surface area contributed by atoms with Gasteiger partial charge in [-0.15, -0.1) is 11.3 Å². The molecule has 1 aliphatic rings. The van der Waals surface area contributed by atoms with Crippen molar-refractivity contribution in [3.8, 4) is 0 Å². The van der Waals surface area contributed by atoms with Crippen LogP contribution >= 0.6 is 11.3 Å². The summed E-state index contributed by atoms with van der Waals surface area (Å²) in [6.45, 7) is 2.13. The van der Waals surface area contributed by atoms with Gasteiger partial charge in [0, 0.05) is 23.9 Å². The molecule has 1 saturated carbocycles. The zero-order chi connectivity index (χ0) is 13.9. The third-order valence-electron chi connectivity index (χ3n) is 3.83. The van der Waals surface area contributed by atoms with Gasteiger partial charge in [-0.3, -0.25) is 0 Å². The predicted octanol–water partition coefficient (Wildman–Crippen LogP) is 2.54. The second kappa shape index (κ2) is 6.33. The van der Waals surface area contributed by atoms with E-state index in [1.807, 2.05) is 11.6 Å². The van der Waals surface area contributed by atoms with Gasteiger partial charge in [0.25, 0.3) is 0 Å². The van der Waals surface area contributed by atoms with Crippen LogP contribution in [-0.4, -0.2) is 30.9 Å². The third kappa shape index (κ3) is 4.00. The summed E-state index contributed by atoms with van der Waals surface area (Å²) < 4.78 is 23.4. The van der Waals surface area contributed by atoms with E-state index in [4.69, 9.17) is 0 Å². The van der Waals surface area contributed by atoms with Crippen molar-refractivity contribution in [1.29, 1.82) is 0 Å². The number of hydrogen-bond donors (Lipinski definition) is 1. The topological polar surface area (TPSA) is 59.1 Å². The summed E-state index contributed by atoms with van der Waals surface area (Å²) in [5, 5.41) is 6.51. The van der Waals surface area contributed by atoms with Gasteiger partial charge in [0.15, 0.2) is 0 Å². The Hall–Kier alpha value is -0.460. The van der Waals surface area contributed by atoms with Gasteiger partial charge in [-0.05, 0) is 25.7 Å². The Labute approximate surface area is 119 Å². The van der Waals surface area contributed by atoms with Crippen molar-refractivity contribution < 1.29 is 8.42 Å².